The number of halogens is 2. The fourth-order valence-corrected chi connectivity index (χ4v) is 2.32. The zero-order chi connectivity index (χ0) is 18.6. The van der Waals surface area contributed by atoms with Crippen LogP contribution < -0.4 is 4.74 Å². The van der Waals surface area contributed by atoms with Gasteiger partial charge in [0.25, 0.3) is 0 Å². The van der Waals surface area contributed by atoms with Crippen molar-refractivity contribution in [3.63, 3.8) is 0 Å². The Morgan fingerprint density at radius 1 is 1.12 bits per heavy atom. The number of hydrogen-bond donors (Lipinski definition) is 2. The molecule has 0 spiro atoms. The number of benzene rings is 2. The molecule has 0 fully saturated rings. The zero-order valence-corrected chi connectivity index (χ0v) is 14.5. The zero-order valence-electron chi connectivity index (χ0n) is 13.0. The van der Waals surface area contributed by atoms with E-state index in [4.69, 9.17) is 32.7 Å². The molecule has 0 aliphatic rings. The molecule has 0 bridgehead atoms. The lowest BCUT2D eigenvalue weighted by Gasteiger charge is -2.24. The smallest absolute Gasteiger partial charge is 0.344 e. The fourth-order valence-electron chi connectivity index (χ4n) is 2.03. The van der Waals surface area contributed by atoms with Crippen LogP contribution in [0.1, 0.15) is 15.9 Å². The molecule has 0 aliphatic heterocycles. The van der Waals surface area contributed by atoms with Crippen molar-refractivity contribution in [1.82, 2.24) is 0 Å². The summed E-state index contributed by atoms with van der Waals surface area (Å²) in [5, 5.41) is 20.3. The first-order valence-corrected chi connectivity index (χ1v) is 7.76. The highest BCUT2D eigenvalue weighted by molar-refractivity contribution is 6.42. The van der Waals surface area contributed by atoms with Gasteiger partial charge in [0.15, 0.2) is 0 Å². The highest BCUT2D eigenvalue weighted by atomic mass is 35.5. The summed E-state index contributed by atoms with van der Waals surface area (Å²) in [4.78, 5) is 23.6. The topological polar surface area (TPSA) is 93.1 Å². The number of esters is 1. The predicted octanol–water partition coefficient (Wildman–Crippen LogP) is 3.13. The average molecular weight is 385 g/mol. The first kappa shape index (κ1) is 19.1. The van der Waals surface area contributed by atoms with Gasteiger partial charge in [-0.15, -0.1) is 0 Å². The van der Waals surface area contributed by atoms with E-state index in [1.807, 2.05) is 0 Å². The summed E-state index contributed by atoms with van der Waals surface area (Å²) in [5.41, 5.74) is -2.34. The van der Waals surface area contributed by atoms with Crippen LogP contribution in [0.3, 0.4) is 0 Å². The maximum atomic E-state index is 12.1. The van der Waals surface area contributed by atoms with E-state index in [2.05, 4.69) is 0 Å². The molecular formula is C17H14Cl2O6. The fraction of sp³-hybridized carbons (Fsp3) is 0.176. The maximum Gasteiger partial charge on any atom is 0.344 e. The molecule has 2 rings (SSSR count). The SMILES string of the molecule is COc1cccc([C@@](O)(COC(=O)c2ccc(Cl)c(Cl)c2)C(=O)O)c1. The number of carboxylic acids is 1. The van der Waals surface area contributed by atoms with E-state index < -0.39 is 24.1 Å². The Kier molecular flexibility index (Phi) is 5.89. The Morgan fingerprint density at radius 3 is 2.44 bits per heavy atom. The number of aliphatic carboxylic acids is 1. The summed E-state index contributed by atoms with van der Waals surface area (Å²) in [7, 11) is 1.41. The van der Waals surface area contributed by atoms with Gasteiger partial charge >= 0.3 is 11.9 Å². The Morgan fingerprint density at radius 2 is 1.84 bits per heavy atom. The number of rotatable bonds is 6. The van der Waals surface area contributed by atoms with E-state index in [0.717, 1.165) is 0 Å². The molecule has 0 saturated heterocycles. The molecule has 0 unspecified atom stereocenters. The Labute approximate surface area is 153 Å². The molecule has 0 radical (unpaired) electrons. The van der Waals surface area contributed by atoms with Gasteiger partial charge in [-0.2, -0.15) is 0 Å². The molecule has 2 aromatic rings. The Balaban J connectivity index is 2.22. The molecule has 8 heteroatoms. The number of carboxylic acid groups (broad SMARTS) is 1. The van der Waals surface area contributed by atoms with Crippen LogP contribution in [0.15, 0.2) is 42.5 Å². The number of ether oxygens (including phenoxy) is 2. The Hall–Kier alpha value is -2.28. The van der Waals surface area contributed by atoms with Crippen LogP contribution in [-0.2, 0) is 15.1 Å². The van der Waals surface area contributed by atoms with Crippen molar-refractivity contribution in [3.8, 4) is 5.75 Å². The van der Waals surface area contributed by atoms with Crippen molar-refractivity contribution in [3.05, 3.63) is 63.6 Å². The van der Waals surface area contributed by atoms with Crippen LogP contribution in [0.25, 0.3) is 0 Å². The average Bonchev–Trinajstić information content (AvgIpc) is 2.61. The summed E-state index contributed by atoms with van der Waals surface area (Å²) in [5.74, 6) is -2.06. The minimum Gasteiger partial charge on any atom is -0.497 e. The largest absolute Gasteiger partial charge is 0.497 e. The van der Waals surface area contributed by atoms with E-state index in [1.165, 1.54) is 43.5 Å². The van der Waals surface area contributed by atoms with Gasteiger partial charge in [-0.1, -0.05) is 35.3 Å². The number of methoxy groups -OCH3 is 1. The van der Waals surface area contributed by atoms with Gasteiger partial charge in [-0.3, -0.25) is 0 Å². The second-order valence-electron chi connectivity index (χ2n) is 5.10. The van der Waals surface area contributed by atoms with Crippen LogP contribution in [0.4, 0.5) is 0 Å². The number of aliphatic hydroxyl groups is 1. The highest BCUT2D eigenvalue weighted by Crippen LogP contribution is 2.27. The third kappa shape index (κ3) is 4.22. The monoisotopic (exact) mass is 384 g/mol. The predicted molar refractivity (Wildman–Crippen MR) is 91.3 cm³/mol. The number of hydrogen-bond acceptors (Lipinski definition) is 5. The lowest BCUT2D eigenvalue weighted by atomic mass is 9.94. The summed E-state index contributed by atoms with van der Waals surface area (Å²) < 4.78 is 9.98. The molecule has 0 heterocycles. The van der Waals surface area contributed by atoms with Crippen LogP contribution in [0.2, 0.25) is 10.0 Å². The minimum atomic E-state index is -2.43. The molecule has 25 heavy (non-hydrogen) atoms. The van der Waals surface area contributed by atoms with Crippen LogP contribution >= 0.6 is 23.2 Å². The molecule has 2 N–H and O–H groups in total. The number of carbonyl (C=O) groups is 2. The van der Waals surface area contributed by atoms with Crippen molar-refractivity contribution >= 4 is 35.1 Å². The van der Waals surface area contributed by atoms with Gasteiger partial charge in [0.2, 0.25) is 5.60 Å². The second-order valence-corrected chi connectivity index (χ2v) is 5.92. The third-order valence-electron chi connectivity index (χ3n) is 3.47. The van der Waals surface area contributed by atoms with Crippen LogP contribution in [0.5, 0.6) is 5.75 Å². The summed E-state index contributed by atoms with van der Waals surface area (Å²) >= 11 is 11.6. The van der Waals surface area contributed by atoms with Crippen LogP contribution in [0, 0.1) is 0 Å². The molecule has 6 nitrogen and oxygen atoms in total. The van der Waals surface area contributed by atoms with Gasteiger partial charge in [-0.25, -0.2) is 9.59 Å². The highest BCUT2D eigenvalue weighted by Gasteiger charge is 2.40. The van der Waals surface area contributed by atoms with Crippen molar-refractivity contribution in [2.45, 2.75) is 5.60 Å². The Bertz CT molecular complexity index is 807. The van der Waals surface area contributed by atoms with E-state index >= 15 is 0 Å². The minimum absolute atomic E-state index is 0.0151. The first-order valence-electron chi connectivity index (χ1n) is 7.00. The van der Waals surface area contributed by atoms with Gasteiger partial charge in [0, 0.05) is 5.56 Å². The molecule has 1 atom stereocenters. The maximum absolute atomic E-state index is 12.1. The summed E-state index contributed by atoms with van der Waals surface area (Å²) in [6.07, 6.45) is 0. The third-order valence-corrected chi connectivity index (χ3v) is 4.21. The van der Waals surface area contributed by atoms with Crippen molar-refractivity contribution < 1.29 is 29.3 Å². The number of carbonyl (C=O) groups excluding carboxylic acids is 1. The summed E-state index contributed by atoms with van der Waals surface area (Å²) in [6, 6.07) is 9.92. The van der Waals surface area contributed by atoms with Crippen molar-refractivity contribution in [2.75, 3.05) is 13.7 Å². The first-order chi connectivity index (χ1) is 11.8. The lowest BCUT2D eigenvalue weighted by molar-refractivity contribution is -0.164. The second kappa shape index (κ2) is 7.74. The van der Waals surface area contributed by atoms with E-state index in [9.17, 15) is 19.8 Å². The van der Waals surface area contributed by atoms with Crippen molar-refractivity contribution in [1.29, 1.82) is 0 Å². The molecule has 0 amide bonds. The van der Waals surface area contributed by atoms with Crippen LogP contribution in [-0.4, -0.2) is 35.9 Å². The van der Waals surface area contributed by atoms with E-state index in [0.29, 0.717) is 5.75 Å². The van der Waals surface area contributed by atoms with Gasteiger partial charge < -0.3 is 19.7 Å². The van der Waals surface area contributed by atoms with Gasteiger partial charge in [0.05, 0.1) is 22.7 Å². The quantitative estimate of drug-likeness (QED) is 0.743. The van der Waals surface area contributed by atoms with Gasteiger partial charge in [-0.05, 0) is 30.3 Å². The summed E-state index contributed by atoms with van der Waals surface area (Å²) in [6.45, 7) is -0.797. The lowest BCUT2D eigenvalue weighted by Crippen LogP contribution is -2.41. The molecule has 0 saturated carbocycles. The molecule has 2 aromatic carbocycles. The van der Waals surface area contributed by atoms with E-state index in [-0.39, 0.29) is 21.2 Å². The standard InChI is InChI=1S/C17H14Cl2O6/c1-24-12-4-2-3-11(8-12)17(23,16(21)22)9-25-15(20)10-5-6-13(18)14(19)7-10/h2-8,23H,9H2,1H3,(H,21,22)/t17-/m0/s1. The van der Waals surface area contributed by atoms with Gasteiger partial charge in [0.1, 0.15) is 12.4 Å². The molecule has 0 aromatic heterocycles. The molecule has 0 aliphatic carbocycles. The van der Waals surface area contributed by atoms with E-state index in [1.54, 1.807) is 6.07 Å². The normalized spacial score (nSPS) is 13.0. The molecule has 132 valence electrons. The molecular weight excluding hydrogens is 371 g/mol. The van der Waals surface area contributed by atoms with Crippen molar-refractivity contribution in [2.24, 2.45) is 0 Å².